The van der Waals surface area contributed by atoms with E-state index < -0.39 is 0 Å². The molecule has 1 aromatic carbocycles. The molecule has 0 spiro atoms. The van der Waals surface area contributed by atoms with Crippen LogP contribution in [0.2, 0.25) is 0 Å². The highest BCUT2D eigenvalue weighted by atomic mass is 15.1. The molecule has 1 aromatic rings. The van der Waals surface area contributed by atoms with Crippen LogP contribution in [0, 0.1) is 6.58 Å². The maximum Gasteiger partial charge on any atom is 0.267 e. The monoisotopic (exact) mass is 172 g/mol. The number of hydrogen-bond donors (Lipinski definition) is 0. The molecular weight excluding hydrogens is 158 g/mol. The minimum Gasteiger partial charge on any atom is -0.304 e. The first-order chi connectivity index (χ1) is 6.05. The zero-order chi connectivity index (χ0) is 9.64. The molecule has 0 saturated heterocycles. The molecule has 0 unspecified atom stereocenters. The summed E-state index contributed by atoms with van der Waals surface area (Å²) in [4.78, 5) is 2.06. The van der Waals surface area contributed by atoms with Crippen molar-refractivity contribution in [2.75, 3.05) is 11.9 Å². The van der Waals surface area contributed by atoms with E-state index in [4.69, 9.17) is 6.58 Å². The molecule has 0 bridgehead atoms. The van der Waals surface area contributed by atoms with Crippen LogP contribution in [0.3, 0.4) is 0 Å². The first kappa shape index (κ1) is 8.28. The van der Waals surface area contributed by atoms with E-state index in [1.807, 2.05) is 13.1 Å². The Labute approximate surface area is 79.7 Å². The molecule has 0 atom stereocenters. The zero-order valence-electron chi connectivity index (χ0n) is 8.33. The van der Waals surface area contributed by atoms with Gasteiger partial charge in [-0.3, -0.25) is 0 Å². The van der Waals surface area contributed by atoms with Crippen molar-refractivity contribution in [2.45, 2.75) is 19.3 Å². The Morgan fingerprint density at radius 2 is 1.85 bits per heavy atom. The molecule has 66 valence electrons. The third kappa shape index (κ3) is 0.911. The lowest BCUT2D eigenvalue weighted by atomic mass is 9.85. The number of hydrogen-bond acceptors (Lipinski definition) is 1. The van der Waals surface area contributed by atoms with Crippen LogP contribution in [0.4, 0.5) is 5.69 Å². The van der Waals surface area contributed by atoms with Gasteiger partial charge in [-0.05, 0) is 25.5 Å². The van der Waals surface area contributed by atoms with E-state index in [0.29, 0.717) is 0 Å². The fourth-order valence-corrected chi connectivity index (χ4v) is 1.98. The first-order valence-corrected chi connectivity index (χ1v) is 4.51. The summed E-state index contributed by atoms with van der Waals surface area (Å²) in [5, 5.41) is 0. The van der Waals surface area contributed by atoms with Gasteiger partial charge in [0.15, 0.2) is 0 Å². The molecule has 2 rings (SSSR count). The normalized spacial score (nSPS) is 18.9. The fourth-order valence-electron chi connectivity index (χ4n) is 1.98. The lowest BCUT2D eigenvalue weighted by molar-refractivity contribution is 0.641. The van der Waals surface area contributed by atoms with Crippen LogP contribution in [0.5, 0.6) is 0 Å². The molecule has 0 fully saturated rings. The quantitative estimate of drug-likeness (QED) is 0.544. The van der Waals surface area contributed by atoms with Crippen molar-refractivity contribution in [1.82, 2.24) is 0 Å². The Kier molecular flexibility index (Phi) is 1.49. The highest BCUT2D eigenvalue weighted by Gasteiger charge is 2.43. The van der Waals surface area contributed by atoms with Crippen LogP contribution < -0.4 is 4.90 Å². The van der Waals surface area contributed by atoms with Gasteiger partial charge in [0.25, 0.3) is 5.70 Å². The molecule has 0 radical (unpaired) electrons. The van der Waals surface area contributed by atoms with E-state index in [-0.39, 0.29) is 5.41 Å². The summed E-state index contributed by atoms with van der Waals surface area (Å²) in [5.74, 6) is 0. The molecule has 1 nitrogen and oxygen atoms in total. The lowest BCUT2D eigenvalue weighted by Gasteiger charge is -2.13. The fraction of sp³-hybridized carbons (Fsp3) is 0.333. The molecule has 13 heavy (non-hydrogen) atoms. The van der Waals surface area contributed by atoms with E-state index in [0.717, 1.165) is 5.70 Å². The van der Waals surface area contributed by atoms with E-state index in [9.17, 15) is 0 Å². The van der Waals surface area contributed by atoms with Crippen LogP contribution >= 0.6 is 0 Å². The lowest BCUT2D eigenvalue weighted by Crippen LogP contribution is -2.21. The Balaban J connectivity index is 2.68. The zero-order valence-corrected chi connectivity index (χ0v) is 8.33. The summed E-state index contributed by atoms with van der Waals surface area (Å²) in [6, 6.07) is 8.36. The summed E-state index contributed by atoms with van der Waals surface area (Å²) >= 11 is 0. The van der Waals surface area contributed by atoms with E-state index >= 15 is 0 Å². The molecule has 0 aliphatic carbocycles. The maximum atomic E-state index is 6.05. The van der Waals surface area contributed by atoms with Crippen LogP contribution in [-0.2, 0) is 5.41 Å². The van der Waals surface area contributed by atoms with E-state index in [1.54, 1.807) is 0 Å². The molecule has 0 N–H and O–H groups in total. The third-order valence-electron chi connectivity index (χ3n) is 2.94. The number of anilines is 1. The van der Waals surface area contributed by atoms with Crippen LogP contribution in [0.15, 0.2) is 30.0 Å². The molecule has 1 heterocycles. The highest BCUT2D eigenvalue weighted by molar-refractivity contribution is 5.68. The van der Waals surface area contributed by atoms with Gasteiger partial charge in [-0.1, -0.05) is 18.2 Å². The number of rotatable bonds is 0. The molecule has 0 saturated carbocycles. The van der Waals surface area contributed by atoms with Crippen molar-refractivity contribution in [3.05, 3.63) is 42.1 Å². The van der Waals surface area contributed by atoms with Crippen LogP contribution in [-0.4, -0.2) is 7.05 Å². The van der Waals surface area contributed by atoms with Crippen molar-refractivity contribution >= 4 is 5.69 Å². The smallest absolute Gasteiger partial charge is 0.267 e. The van der Waals surface area contributed by atoms with Gasteiger partial charge in [0.1, 0.15) is 0 Å². The number of para-hydroxylation sites is 1. The summed E-state index contributed by atoms with van der Waals surface area (Å²) in [6.45, 7) is 10.4. The number of allylic oxidation sites excluding steroid dienone is 1. The summed E-state index contributed by atoms with van der Waals surface area (Å²) in [5.41, 5.74) is 3.44. The SMILES string of the molecule is [CH+]=C1N(C)c2ccccc2C1(C)C. The van der Waals surface area contributed by atoms with Gasteiger partial charge < -0.3 is 4.90 Å². The molecule has 1 aliphatic heterocycles. The average molecular weight is 172 g/mol. The maximum absolute atomic E-state index is 6.05. The van der Waals surface area contributed by atoms with Crippen LogP contribution in [0.1, 0.15) is 19.4 Å². The number of nitrogens with zero attached hydrogens (tertiary/aromatic N) is 1. The van der Waals surface area contributed by atoms with Gasteiger partial charge in [-0.25, -0.2) is 0 Å². The minimum absolute atomic E-state index is 0.0225. The van der Waals surface area contributed by atoms with Crippen molar-refractivity contribution in [3.63, 3.8) is 0 Å². The van der Waals surface area contributed by atoms with Crippen molar-refractivity contribution < 1.29 is 0 Å². The minimum atomic E-state index is -0.0225. The van der Waals surface area contributed by atoms with Crippen molar-refractivity contribution in [3.8, 4) is 0 Å². The van der Waals surface area contributed by atoms with E-state index in [1.165, 1.54) is 11.3 Å². The molecule has 0 amide bonds. The predicted molar refractivity (Wildman–Crippen MR) is 55.7 cm³/mol. The summed E-state index contributed by atoms with van der Waals surface area (Å²) in [7, 11) is 2.02. The predicted octanol–water partition coefficient (Wildman–Crippen LogP) is 2.73. The second-order valence-corrected chi connectivity index (χ2v) is 4.09. The second-order valence-electron chi connectivity index (χ2n) is 4.09. The summed E-state index contributed by atoms with van der Waals surface area (Å²) < 4.78 is 0. The second kappa shape index (κ2) is 2.34. The van der Waals surface area contributed by atoms with Gasteiger partial charge in [-0.2, -0.15) is 0 Å². The Hall–Kier alpha value is -1.33. The van der Waals surface area contributed by atoms with Crippen molar-refractivity contribution in [1.29, 1.82) is 0 Å². The number of fused-ring (bicyclic) bond motifs is 1. The van der Waals surface area contributed by atoms with Gasteiger partial charge in [0, 0.05) is 12.7 Å². The standard InChI is InChI=1S/C12H14N/c1-9-12(2,3)10-7-5-6-8-11(10)13(9)4/h1,5-8H,2-4H3/q+1. The molecular formula is C12H14N+. The largest absolute Gasteiger partial charge is 0.304 e. The first-order valence-electron chi connectivity index (χ1n) is 4.51. The van der Waals surface area contributed by atoms with Crippen LogP contribution in [0.25, 0.3) is 0 Å². The Morgan fingerprint density at radius 1 is 1.23 bits per heavy atom. The van der Waals surface area contributed by atoms with Gasteiger partial charge >= 0.3 is 0 Å². The topological polar surface area (TPSA) is 3.24 Å². The highest BCUT2D eigenvalue weighted by Crippen LogP contribution is 2.45. The average Bonchev–Trinajstić information content (AvgIpc) is 2.30. The number of benzene rings is 1. The van der Waals surface area contributed by atoms with Crippen molar-refractivity contribution in [2.24, 2.45) is 0 Å². The molecule has 1 heteroatoms. The Morgan fingerprint density at radius 3 is 2.46 bits per heavy atom. The Bertz CT molecular complexity index is 363. The van der Waals surface area contributed by atoms with E-state index in [2.05, 4.69) is 36.9 Å². The summed E-state index contributed by atoms with van der Waals surface area (Å²) in [6.07, 6.45) is 0. The molecule has 0 aromatic heterocycles. The van der Waals surface area contributed by atoms with Gasteiger partial charge in [-0.15, -0.1) is 0 Å². The molecule has 1 aliphatic rings. The third-order valence-corrected chi connectivity index (χ3v) is 2.94. The number of likely N-dealkylation sites (N-methyl/N-ethyl adjacent to an activating group) is 1. The van der Waals surface area contributed by atoms with Gasteiger partial charge in [0.2, 0.25) is 6.58 Å². The van der Waals surface area contributed by atoms with Gasteiger partial charge in [0.05, 0.1) is 5.41 Å².